The second kappa shape index (κ2) is 9.29. The number of aryl methyl sites for hydroxylation is 1. The molecule has 7 nitrogen and oxygen atoms in total. The lowest BCUT2D eigenvalue weighted by Gasteiger charge is -2.32. The first-order valence-corrected chi connectivity index (χ1v) is 11.5. The largest absolute Gasteiger partial charge is 0.369 e. The maximum Gasteiger partial charge on any atom is 0.131 e. The van der Waals surface area contributed by atoms with Crippen LogP contribution in [0, 0.1) is 6.92 Å². The maximum atomic E-state index is 6.12. The summed E-state index contributed by atoms with van der Waals surface area (Å²) in [6.45, 7) is 9.52. The molecule has 0 unspecified atom stereocenters. The number of hydrogen-bond donors (Lipinski definition) is 1. The Morgan fingerprint density at radius 1 is 0.970 bits per heavy atom. The van der Waals surface area contributed by atoms with Gasteiger partial charge < -0.3 is 14.6 Å². The molecule has 1 saturated heterocycles. The Hall–Kier alpha value is -3.29. The highest BCUT2D eigenvalue weighted by Crippen LogP contribution is 2.26. The Balaban J connectivity index is 1.33. The smallest absolute Gasteiger partial charge is 0.131 e. The van der Waals surface area contributed by atoms with Crippen molar-refractivity contribution in [3.63, 3.8) is 0 Å². The van der Waals surface area contributed by atoms with Crippen LogP contribution >= 0.6 is 0 Å². The second-order valence-corrected chi connectivity index (χ2v) is 8.81. The number of ether oxygens (including phenoxy) is 1. The minimum atomic E-state index is -0.0807. The van der Waals surface area contributed by atoms with Gasteiger partial charge in [-0.05, 0) is 57.2 Å². The maximum absolute atomic E-state index is 6.12. The number of hydrogen-bond acceptors (Lipinski definition) is 6. The molecule has 1 fully saturated rings. The number of nitrogens with one attached hydrogen (secondary N) is 1. The zero-order chi connectivity index (χ0) is 22.8. The molecule has 7 heteroatoms. The van der Waals surface area contributed by atoms with Crippen LogP contribution in [0.4, 0.5) is 11.6 Å². The van der Waals surface area contributed by atoms with Crippen molar-refractivity contribution in [2.24, 2.45) is 0 Å². The summed E-state index contributed by atoms with van der Waals surface area (Å²) in [5.74, 6) is 2.66. The third kappa shape index (κ3) is 4.74. The van der Waals surface area contributed by atoms with Crippen LogP contribution in [-0.2, 0) is 11.3 Å². The van der Waals surface area contributed by atoms with Crippen molar-refractivity contribution < 1.29 is 4.74 Å². The van der Waals surface area contributed by atoms with Crippen LogP contribution in [0.2, 0.25) is 0 Å². The van der Waals surface area contributed by atoms with E-state index >= 15 is 0 Å². The van der Waals surface area contributed by atoms with Crippen LogP contribution in [0.25, 0.3) is 11.0 Å². The number of pyridine rings is 2. The number of benzene rings is 1. The second-order valence-electron chi connectivity index (χ2n) is 8.81. The average Bonchev–Trinajstić information content (AvgIpc) is 3.17. The molecule has 0 saturated carbocycles. The molecule has 0 spiro atoms. The summed E-state index contributed by atoms with van der Waals surface area (Å²) >= 11 is 0. The van der Waals surface area contributed by atoms with Crippen LogP contribution in [0.5, 0.6) is 0 Å². The predicted octanol–water partition coefficient (Wildman–Crippen LogP) is 5.03. The monoisotopic (exact) mass is 442 g/mol. The van der Waals surface area contributed by atoms with Crippen molar-refractivity contribution in [1.82, 2.24) is 24.4 Å². The number of anilines is 2. The van der Waals surface area contributed by atoms with Crippen LogP contribution in [0.1, 0.15) is 43.2 Å². The SMILES string of the molecule is Cc1cccc(Nc2cccc([C@H]3CN(Cc4nc5ccccc5n4C(C)C)CCO3)n2)n1. The van der Waals surface area contributed by atoms with Crippen LogP contribution in [0.15, 0.2) is 60.7 Å². The molecular formula is C26H30N6O. The van der Waals surface area contributed by atoms with Gasteiger partial charge in [0.25, 0.3) is 0 Å². The van der Waals surface area contributed by atoms with Gasteiger partial charge in [-0.1, -0.05) is 24.3 Å². The van der Waals surface area contributed by atoms with Crippen molar-refractivity contribution >= 4 is 22.7 Å². The van der Waals surface area contributed by atoms with E-state index in [0.717, 1.165) is 54.0 Å². The lowest BCUT2D eigenvalue weighted by atomic mass is 10.2. The molecular weight excluding hydrogens is 412 g/mol. The first-order chi connectivity index (χ1) is 16.1. The molecule has 1 aromatic carbocycles. The van der Waals surface area contributed by atoms with E-state index in [1.54, 1.807) is 0 Å². The normalized spacial score (nSPS) is 17.0. The van der Waals surface area contributed by atoms with E-state index < -0.39 is 0 Å². The molecule has 0 amide bonds. The Kier molecular flexibility index (Phi) is 6.07. The van der Waals surface area contributed by atoms with Crippen LogP contribution in [-0.4, -0.2) is 44.1 Å². The van der Waals surface area contributed by atoms with Gasteiger partial charge in [-0.25, -0.2) is 15.0 Å². The molecule has 5 rings (SSSR count). The number of imidazole rings is 1. The van der Waals surface area contributed by atoms with Crippen molar-refractivity contribution in [2.45, 2.75) is 39.5 Å². The number of fused-ring (bicyclic) bond motifs is 1. The van der Waals surface area contributed by atoms with Crippen LogP contribution in [0.3, 0.4) is 0 Å². The first-order valence-electron chi connectivity index (χ1n) is 11.5. The topological polar surface area (TPSA) is 68.1 Å². The summed E-state index contributed by atoms with van der Waals surface area (Å²) in [5, 5.41) is 3.31. The van der Waals surface area contributed by atoms with Crippen LogP contribution < -0.4 is 5.32 Å². The zero-order valence-electron chi connectivity index (χ0n) is 19.4. The van der Waals surface area contributed by atoms with Crippen molar-refractivity contribution in [3.8, 4) is 0 Å². The quantitative estimate of drug-likeness (QED) is 0.452. The van der Waals surface area contributed by atoms with Gasteiger partial charge in [0.2, 0.25) is 0 Å². The summed E-state index contributed by atoms with van der Waals surface area (Å²) in [5.41, 5.74) is 4.14. The van der Waals surface area contributed by atoms with Gasteiger partial charge in [-0.3, -0.25) is 4.90 Å². The van der Waals surface area contributed by atoms with Gasteiger partial charge in [0.1, 0.15) is 23.6 Å². The summed E-state index contributed by atoms with van der Waals surface area (Å²) in [4.78, 5) is 16.7. The minimum absolute atomic E-state index is 0.0807. The highest BCUT2D eigenvalue weighted by atomic mass is 16.5. The molecule has 1 atom stereocenters. The molecule has 1 aliphatic heterocycles. The van der Waals surface area contributed by atoms with Gasteiger partial charge in [0.15, 0.2) is 0 Å². The fourth-order valence-electron chi connectivity index (χ4n) is 4.45. The molecule has 4 heterocycles. The third-order valence-corrected chi connectivity index (χ3v) is 5.95. The van der Waals surface area contributed by atoms with E-state index in [0.29, 0.717) is 12.6 Å². The number of nitrogens with zero attached hydrogens (tertiary/aromatic N) is 5. The fourth-order valence-corrected chi connectivity index (χ4v) is 4.45. The van der Waals surface area contributed by atoms with Gasteiger partial charge in [0.05, 0.1) is 29.9 Å². The van der Waals surface area contributed by atoms with E-state index in [1.165, 1.54) is 5.52 Å². The Labute approximate surface area is 194 Å². The molecule has 4 aromatic rings. The molecule has 0 radical (unpaired) electrons. The fraction of sp³-hybridized carbons (Fsp3) is 0.346. The lowest BCUT2D eigenvalue weighted by molar-refractivity contribution is -0.0359. The van der Waals surface area contributed by atoms with E-state index in [2.05, 4.69) is 51.8 Å². The van der Waals surface area contributed by atoms with Gasteiger partial charge >= 0.3 is 0 Å². The molecule has 1 aliphatic rings. The lowest BCUT2D eigenvalue weighted by Crippen LogP contribution is -2.38. The molecule has 1 N–H and O–H groups in total. The Morgan fingerprint density at radius 2 is 1.76 bits per heavy atom. The number of aromatic nitrogens is 4. The Bertz CT molecular complexity index is 1250. The number of rotatable bonds is 6. The molecule has 170 valence electrons. The molecule has 3 aromatic heterocycles. The Morgan fingerprint density at radius 3 is 2.58 bits per heavy atom. The van der Waals surface area contributed by atoms with Gasteiger partial charge in [0, 0.05) is 24.8 Å². The van der Waals surface area contributed by atoms with Crippen molar-refractivity contribution in [2.75, 3.05) is 25.0 Å². The van der Waals surface area contributed by atoms with Crippen molar-refractivity contribution in [3.05, 3.63) is 77.9 Å². The highest BCUT2D eigenvalue weighted by Gasteiger charge is 2.25. The first kappa shape index (κ1) is 21.6. The molecule has 0 aliphatic carbocycles. The summed E-state index contributed by atoms with van der Waals surface area (Å²) in [6.07, 6.45) is -0.0807. The van der Waals surface area contributed by atoms with Gasteiger partial charge in [-0.15, -0.1) is 0 Å². The van der Waals surface area contributed by atoms with E-state index in [-0.39, 0.29) is 6.10 Å². The molecule has 0 bridgehead atoms. The summed E-state index contributed by atoms with van der Waals surface area (Å²) in [6, 6.07) is 20.6. The third-order valence-electron chi connectivity index (χ3n) is 5.95. The average molecular weight is 443 g/mol. The van der Waals surface area contributed by atoms with E-state index in [4.69, 9.17) is 14.7 Å². The minimum Gasteiger partial charge on any atom is -0.369 e. The number of para-hydroxylation sites is 2. The zero-order valence-corrected chi connectivity index (χ0v) is 19.4. The van der Waals surface area contributed by atoms with Gasteiger partial charge in [-0.2, -0.15) is 0 Å². The predicted molar refractivity (Wildman–Crippen MR) is 131 cm³/mol. The van der Waals surface area contributed by atoms with Crippen molar-refractivity contribution in [1.29, 1.82) is 0 Å². The van der Waals surface area contributed by atoms with E-state index in [1.807, 2.05) is 49.4 Å². The summed E-state index contributed by atoms with van der Waals surface area (Å²) < 4.78 is 8.46. The number of morpholine rings is 1. The highest BCUT2D eigenvalue weighted by molar-refractivity contribution is 5.76. The summed E-state index contributed by atoms with van der Waals surface area (Å²) in [7, 11) is 0. The molecule has 33 heavy (non-hydrogen) atoms. The standard InChI is InChI=1S/C26H30N6O/c1-18(2)32-22-11-5-4-9-20(22)29-26(32)17-31-14-15-33-23(16-31)21-10-7-13-25(28-21)30-24-12-6-8-19(3)27-24/h4-13,18,23H,14-17H2,1-3H3,(H,27,28,30)/t23-/m1/s1. The van der Waals surface area contributed by atoms with E-state index in [9.17, 15) is 0 Å².